The molecule has 0 saturated heterocycles. The molecule has 3 aromatic carbocycles. The maximum absolute atomic E-state index is 12.7. The van der Waals surface area contributed by atoms with E-state index in [-0.39, 0.29) is 5.91 Å². The molecule has 166 valence electrons. The molecule has 3 aromatic rings. The first-order valence-electron chi connectivity index (χ1n) is 10.4. The van der Waals surface area contributed by atoms with Gasteiger partial charge in [0.1, 0.15) is 30.8 Å². The van der Waals surface area contributed by atoms with Gasteiger partial charge in [0, 0.05) is 23.0 Å². The third-order valence-electron chi connectivity index (χ3n) is 5.19. The minimum atomic E-state index is -0.472. The maximum atomic E-state index is 12.7. The molecule has 0 saturated carbocycles. The summed E-state index contributed by atoms with van der Waals surface area (Å²) in [5.74, 6) is 2.68. The quantitative estimate of drug-likeness (QED) is 0.567. The molecule has 1 heterocycles. The monoisotopic (exact) mass is 434 g/mol. The Morgan fingerprint density at radius 3 is 2.31 bits per heavy atom. The van der Waals surface area contributed by atoms with Crippen LogP contribution >= 0.6 is 0 Å². The van der Waals surface area contributed by atoms with Crippen molar-refractivity contribution in [1.29, 1.82) is 0 Å². The number of ether oxygens (including phenoxy) is 4. The van der Waals surface area contributed by atoms with Gasteiger partial charge in [-0.1, -0.05) is 12.1 Å². The van der Waals surface area contributed by atoms with E-state index in [1.54, 1.807) is 32.4 Å². The lowest BCUT2D eigenvalue weighted by Crippen LogP contribution is -2.31. The Hall–Kier alpha value is -3.87. The summed E-state index contributed by atoms with van der Waals surface area (Å²) in [5, 5.41) is 6.18. The molecule has 2 N–H and O–H groups in total. The van der Waals surface area contributed by atoms with Crippen LogP contribution in [0.15, 0.2) is 60.7 Å². The Kier molecular flexibility index (Phi) is 6.35. The molecule has 0 unspecified atom stereocenters. The first-order valence-corrected chi connectivity index (χ1v) is 10.4. The van der Waals surface area contributed by atoms with Crippen molar-refractivity contribution in [1.82, 2.24) is 0 Å². The van der Waals surface area contributed by atoms with Gasteiger partial charge in [-0.25, -0.2) is 0 Å². The second-order valence-electron chi connectivity index (χ2n) is 7.36. The number of benzene rings is 3. The Morgan fingerprint density at radius 1 is 0.875 bits per heavy atom. The summed E-state index contributed by atoms with van der Waals surface area (Å²) in [6.45, 7) is 2.83. The number of nitrogens with one attached hydrogen (secondary N) is 2. The summed E-state index contributed by atoms with van der Waals surface area (Å²) < 4.78 is 21.9. The largest absolute Gasteiger partial charge is 0.497 e. The summed E-state index contributed by atoms with van der Waals surface area (Å²) in [5.41, 5.74) is 3.36. The minimum absolute atomic E-state index is 0.163. The summed E-state index contributed by atoms with van der Waals surface area (Å²) in [4.78, 5) is 12.7. The molecule has 0 radical (unpaired) electrons. The smallest absolute Gasteiger partial charge is 0.246 e. The van der Waals surface area contributed by atoms with E-state index in [4.69, 9.17) is 18.9 Å². The fourth-order valence-corrected chi connectivity index (χ4v) is 3.48. The standard InChI is InChI=1S/C25H26N2O5/c1-16(25(28)27-19-7-11-23-24(15-19)32-13-12-31-23)26-18-6-10-22(30-3)21(14-18)17-4-8-20(29-2)9-5-17/h4-11,14-16,26H,12-13H2,1-3H3,(H,27,28)/t16-/m1/s1. The second kappa shape index (κ2) is 9.51. The minimum Gasteiger partial charge on any atom is -0.497 e. The number of methoxy groups -OCH3 is 2. The highest BCUT2D eigenvalue weighted by atomic mass is 16.6. The number of hydrogen-bond acceptors (Lipinski definition) is 6. The van der Waals surface area contributed by atoms with E-state index in [1.165, 1.54) is 0 Å². The van der Waals surface area contributed by atoms with Crippen LogP contribution in [-0.4, -0.2) is 39.4 Å². The highest BCUT2D eigenvalue weighted by molar-refractivity contribution is 5.96. The number of fused-ring (bicyclic) bond motifs is 1. The lowest BCUT2D eigenvalue weighted by atomic mass is 10.0. The van der Waals surface area contributed by atoms with Gasteiger partial charge in [0.05, 0.1) is 14.2 Å². The molecular weight excluding hydrogens is 408 g/mol. The molecule has 1 aliphatic rings. The van der Waals surface area contributed by atoms with Crippen molar-refractivity contribution in [3.8, 4) is 34.1 Å². The zero-order valence-corrected chi connectivity index (χ0v) is 18.3. The molecule has 32 heavy (non-hydrogen) atoms. The van der Waals surface area contributed by atoms with Crippen LogP contribution in [0, 0.1) is 0 Å². The average Bonchev–Trinajstić information content (AvgIpc) is 2.84. The zero-order chi connectivity index (χ0) is 22.5. The highest BCUT2D eigenvalue weighted by Gasteiger charge is 2.17. The molecule has 7 nitrogen and oxygen atoms in total. The van der Waals surface area contributed by atoms with Gasteiger partial charge in [-0.15, -0.1) is 0 Å². The van der Waals surface area contributed by atoms with E-state index >= 15 is 0 Å². The molecule has 0 bridgehead atoms. The van der Waals surface area contributed by atoms with Gasteiger partial charge in [-0.3, -0.25) is 4.79 Å². The van der Waals surface area contributed by atoms with E-state index < -0.39 is 6.04 Å². The van der Waals surface area contributed by atoms with Crippen LogP contribution in [-0.2, 0) is 4.79 Å². The van der Waals surface area contributed by atoms with E-state index in [9.17, 15) is 4.79 Å². The SMILES string of the molecule is COc1ccc(-c2cc(N[C@H](C)C(=O)Nc3ccc4c(c3)OCCO4)ccc2OC)cc1. The summed E-state index contributed by atoms with van der Waals surface area (Å²) in [6.07, 6.45) is 0. The fourth-order valence-electron chi connectivity index (χ4n) is 3.48. The number of carbonyl (C=O) groups is 1. The number of rotatable bonds is 7. The van der Waals surface area contributed by atoms with E-state index in [2.05, 4.69) is 10.6 Å². The van der Waals surface area contributed by atoms with Crippen molar-refractivity contribution >= 4 is 17.3 Å². The average molecular weight is 434 g/mol. The molecule has 0 aromatic heterocycles. The molecule has 1 amide bonds. The van der Waals surface area contributed by atoms with Gasteiger partial charge < -0.3 is 29.6 Å². The van der Waals surface area contributed by atoms with E-state index in [1.807, 2.05) is 49.4 Å². The summed E-state index contributed by atoms with van der Waals surface area (Å²) >= 11 is 0. The normalized spacial score (nSPS) is 13.1. The Bertz CT molecular complexity index is 1100. The molecule has 7 heteroatoms. The van der Waals surface area contributed by atoms with Crippen molar-refractivity contribution in [3.05, 3.63) is 60.7 Å². The van der Waals surface area contributed by atoms with Crippen molar-refractivity contribution in [3.63, 3.8) is 0 Å². The van der Waals surface area contributed by atoms with Crippen molar-refractivity contribution in [2.45, 2.75) is 13.0 Å². The third-order valence-corrected chi connectivity index (χ3v) is 5.19. The summed E-state index contributed by atoms with van der Waals surface area (Å²) in [6, 6.07) is 18.4. The lowest BCUT2D eigenvalue weighted by molar-refractivity contribution is -0.116. The Morgan fingerprint density at radius 2 is 1.59 bits per heavy atom. The first-order chi connectivity index (χ1) is 15.6. The van der Waals surface area contributed by atoms with Crippen molar-refractivity contribution in [2.24, 2.45) is 0 Å². The van der Waals surface area contributed by atoms with Gasteiger partial charge in [-0.2, -0.15) is 0 Å². The van der Waals surface area contributed by atoms with Crippen LogP contribution in [0.25, 0.3) is 11.1 Å². The number of carbonyl (C=O) groups excluding carboxylic acids is 1. The van der Waals surface area contributed by atoms with Crippen molar-refractivity contribution in [2.75, 3.05) is 38.1 Å². The van der Waals surface area contributed by atoms with Gasteiger partial charge in [-0.05, 0) is 55.0 Å². The van der Waals surface area contributed by atoms with E-state index in [0.29, 0.717) is 30.4 Å². The van der Waals surface area contributed by atoms with Crippen LogP contribution in [0.1, 0.15) is 6.92 Å². The third kappa shape index (κ3) is 4.72. The molecule has 0 fully saturated rings. The van der Waals surface area contributed by atoms with Gasteiger partial charge in [0.25, 0.3) is 0 Å². The molecular formula is C25H26N2O5. The molecule has 1 aliphatic heterocycles. The topological polar surface area (TPSA) is 78.1 Å². The van der Waals surface area contributed by atoms with Crippen LogP contribution in [0.5, 0.6) is 23.0 Å². The fraction of sp³-hybridized carbons (Fsp3) is 0.240. The highest BCUT2D eigenvalue weighted by Crippen LogP contribution is 2.34. The lowest BCUT2D eigenvalue weighted by Gasteiger charge is -2.20. The van der Waals surface area contributed by atoms with Crippen LogP contribution in [0.2, 0.25) is 0 Å². The number of amides is 1. The molecule has 1 atom stereocenters. The zero-order valence-electron chi connectivity index (χ0n) is 18.3. The van der Waals surface area contributed by atoms with Gasteiger partial charge >= 0.3 is 0 Å². The van der Waals surface area contributed by atoms with Crippen LogP contribution < -0.4 is 29.6 Å². The summed E-state index contributed by atoms with van der Waals surface area (Å²) in [7, 11) is 3.27. The second-order valence-corrected chi connectivity index (χ2v) is 7.36. The number of anilines is 2. The van der Waals surface area contributed by atoms with Crippen LogP contribution in [0.3, 0.4) is 0 Å². The van der Waals surface area contributed by atoms with Gasteiger partial charge in [0.2, 0.25) is 5.91 Å². The Labute approximate surface area is 187 Å². The first kappa shape index (κ1) is 21.4. The molecule has 0 aliphatic carbocycles. The molecule has 4 rings (SSSR count). The number of hydrogen-bond donors (Lipinski definition) is 2. The predicted molar refractivity (Wildman–Crippen MR) is 124 cm³/mol. The van der Waals surface area contributed by atoms with Crippen LogP contribution in [0.4, 0.5) is 11.4 Å². The maximum Gasteiger partial charge on any atom is 0.246 e. The van der Waals surface area contributed by atoms with Gasteiger partial charge in [0.15, 0.2) is 11.5 Å². The molecule has 0 spiro atoms. The van der Waals surface area contributed by atoms with E-state index in [0.717, 1.165) is 28.3 Å². The van der Waals surface area contributed by atoms with Crippen molar-refractivity contribution < 1.29 is 23.7 Å². The Balaban J connectivity index is 1.47. The predicted octanol–water partition coefficient (Wildman–Crippen LogP) is 4.58.